The maximum absolute atomic E-state index is 12.3. The van der Waals surface area contributed by atoms with Crippen LogP contribution in [0.5, 0.6) is 0 Å². The van der Waals surface area contributed by atoms with Crippen molar-refractivity contribution < 1.29 is 9.90 Å². The Labute approximate surface area is 131 Å². The number of nitrogens with zero attached hydrogens (tertiary/aromatic N) is 2. The number of carbonyl (C=O) groups excluding carboxylic acids is 1. The monoisotopic (exact) mass is 313 g/mol. The molecule has 1 aromatic carbocycles. The number of hydrogen-bond donors (Lipinski definition) is 2. The summed E-state index contributed by atoms with van der Waals surface area (Å²) < 4.78 is 0. The molecule has 0 saturated carbocycles. The minimum Gasteiger partial charge on any atom is -0.389 e. The first kappa shape index (κ1) is 17.6. The zero-order valence-electron chi connectivity index (χ0n) is 13.3. The van der Waals surface area contributed by atoms with E-state index in [0.717, 1.165) is 5.69 Å². The Bertz CT molecular complexity index is 498. The number of hydrogen-bond acceptors (Lipinski definition) is 3. The molecule has 0 fully saturated rings. The van der Waals surface area contributed by atoms with Gasteiger partial charge >= 0.3 is 6.03 Å². The molecule has 1 rings (SSSR count). The number of halogens is 1. The molecule has 0 radical (unpaired) electrons. The lowest BCUT2D eigenvalue weighted by atomic mass is 10.1. The molecule has 1 aromatic rings. The van der Waals surface area contributed by atoms with E-state index in [4.69, 9.17) is 11.6 Å². The van der Waals surface area contributed by atoms with Gasteiger partial charge in [0.2, 0.25) is 0 Å². The lowest BCUT2D eigenvalue weighted by Gasteiger charge is -2.29. The highest BCUT2D eigenvalue weighted by Gasteiger charge is 2.22. The number of amides is 2. The van der Waals surface area contributed by atoms with Gasteiger partial charge in [-0.05, 0) is 32.9 Å². The topological polar surface area (TPSA) is 55.8 Å². The van der Waals surface area contributed by atoms with Crippen LogP contribution in [-0.2, 0) is 0 Å². The molecule has 2 N–H and O–H groups in total. The van der Waals surface area contributed by atoms with Crippen LogP contribution in [0.2, 0.25) is 5.02 Å². The second-order valence-corrected chi connectivity index (χ2v) is 6.19. The molecule has 0 aliphatic heterocycles. The molecule has 2 amide bonds. The molecule has 0 atom stereocenters. The number of likely N-dealkylation sites (N-methyl/N-ethyl adjacent to an activating group) is 1. The number of benzene rings is 1. The van der Waals surface area contributed by atoms with E-state index >= 15 is 0 Å². The minimum atomic E-state index is -0.938. The average Bonchev–Trinajstić information content (AvgIpc) is 2.34. The zero-order valence-corrected chi connectivity index (χ0v) is 14.0. The van der Waals surface area contributed by atoms with Crippen LogP contribution in [0.15, 0.2) is 18.2 Å². The summed E-state index contributed by atoms with van der Waals surface area (Å²) in [6.45, 7) is 5.98. The molecule has 0 saturated heterocycles. The van der Waals surface area contributed by atoms with Gasteiger partial charge in [0.05, 0.1) is 28.5 Å². The van der Waals surface area contributed by atoms with Gasteiger partial charge < -0.3 is 20.2 Å². The van der Waals surface area contributed by atoms with E-state index in [1.165, 1.54) is 0 Å². The van der Waals surface area contributed by atoms with Crippen LogP contribution < -0.4 is 10.2 Å². The third kappa shape index (κ3) is 5.10. The van der Waals surface area contributed by atoms with Gasteiger partial charge in [-0.15, -0.1) is 0 Å². The third-order valence-electron chi connectivity index (χ3n) is 2.92. The van der Waals surface area contributed by atoms with E-state index in [0.29, 0.717) is 17.3 Å². The number of rotatable bonds is 5. The first-order valence-corrected chi connectivity index (χ1v) is 7.27. The van der Waals surface area contributed by atoms with Gasteiger partial charge in [-0.1, -0.05) is 17.7 Å². The van der Waals surface area contributed by atoms with Crippen molar-refractivity contribution in [3.05, 3.63) is 23.2 Å². The van der Waals surface area contributed by atoms with Crippen LogP contribution in [0.25, 0.3) is 0 Å². The van der Waals surface area contributed by atoms with Crippen molar-refractivity contribution in [3.8, 4) is 0 Å². The van der Waals surface area contributed by atoms with Crippen molar-refractivity contribution in [2.75, 3.05) is 37.4 Å². The van der Waals surface area contributed by atoms with Crippen molar-refractivity contribution in [2.24, 2.45) is 0 Å². The van der Waals surface area contributed by atoms with Gasteiger partial charge in [0, 0.05) is 20.6 Å². The first-order chi connectivity index (χ1) is 9.65. The third-order valence-corrected chi connectivity index (χ3v) is 3.23. The van der Waals surface area contributed by atoms with Crippen molar-refractivity contribution in [1.29, 1.82) is 0 Å². The highest BCUT2D eigenvalue weighted by Crippen LogP contribution is 2.32. The van der Waals surface area contributed by atoms with E-state index < -0.39 is 5.60 Å². The Morgan fingerprint density at radius 1 is 1.38 bits per heavy atom. The zero-order chi connectivity index (χ0) is 16.2. The van der Waals surface area contributed by atoms with Gasteiger partial charge in [0.1, 0.15) is 0 Å². The summed E-state index contributed by atoms with van der Waals surface area (Å²) in [6.07, 6.45) is 0. The summed E-state index contributed by atoms with van der Waals surface area (Å²) in [5.74, 6) is 0. The maximum Gasteiger partial charge on any atom is 0.321 e. The van der Waals surface area contributed by atoms with Gasteiger partial charge in [-0.2, -0.15) is 0 Å². The molecule has 0 aliphatic carbocycles. The summed E-state index contributed by atoms with van der Waals surface area (Å²) in [5, 5.41) is 13.3. The summed E-state index contributed by atoms with van der Waals surface area (Å²) in [7, 11) is 3.73. The van der Waals surface area contributed by atoms with Crippen molar-refractivity contribution >= 4 is 29.0 Å². The van der Waals surface area contributed by atoms with E-state index in [2.05, 4.69) is 5.32 Å². The van der Waals surface area contributed by atoms with Crippen molar-refractivity contribution in [3.63, 3.8) is 0 Å². The predicted molar refractivity (Wildman–Crippen MR) is 88.3 cm³/mol. The molecule has 0 bridgehead atoms. The highest BCUT2D eigenvalue weighted by atomic mass is 35.5. The fourth-order valence-electron chi connectivity index (χ4n) is 2.06. The lowest BCUT2D eigenvalue weighted by molar-refractivity contribution is 0.0501. The molecule has 0 unspecified atom stereocenters. The summed E-state index contributed by atoms with van der Waals surface area (Å²) in [4.78, 5) is 15.8. The average molecular weight is 314 g/mol. The molecule has 0 aliphatic rings. The van der Waals surface area contributed by atoms with Gasteiger partial charge in [0.25, 0.3) is 0 Å². The normalized spacial score (nSPS) is 11.2. The van der Waals surface area contributed by atoms with Crippen LogP contribution in [0.4, 0.5) is 16.2 Å². The molecule has 0 heterocycles. The number of nitrogens with one attached hydrogen (secondary N) is 1. The molecule has 6 heteroatoms. The molecular formula is C15H24ClN3O2. The van der Waals surface area contributed by atoms with Crippen LogP contribution in [0.1, 0.15) is 20.8 Å². The lowest BCUT2D eigenvalue weighted by Crippen LogP contribution is -2.44. The fourth-order valence-corrected chi connectivity index (χ4v) is 2.40. The van der Waals surface area contributed by atoms with Crippen LogP contribution >= 0.6 is 11.6 Å². The van der Waals surface area contributed by atoms with E-state index in [1.807, 2.05) is 25.9 Å². The maximum atomic E-state index is 12.3. The summed E-state index contributed by atoms with van der Waals surface area (Å²) in [5.41, 5.74) is 0.463. The largest absolute Gasteiger partial charge is 0.389 e. The summed E-state index contributed by atoms with van der Waals surface area (Å²) >= 11 is 6.18. The first-order valence-electron chi connectivity index (χ1n) is 6.90. The van der Waals surface area contributed by atoms with Crippen LogP contribution in [-0.4, -0.2) is 48.8 Å². The molecule has 0 aromatic heterocycles. The fraction of sp³-hybridized carbons (Fsp3) is 0.533. The van der Waals surface area contributed by atoms with Gasteiger partial charge in [-0.25, -0.2) is 4.79 Å². The second-order valence-electron chi connectivity index (χ2n) is 5.79. The molecule has 118 valence electrons. The molecular weight excluding hydrogens is 290 g/mol. The second kappa shape index (κ2) is 7.00. The molecule has 5 nitrogen and oxygen atoms in total. The highest BCUT2D eigenvalue weighted by molar-refractivity contribution is 6.34. The number of carbonyl (C=O) groups is 1. The number of anilines is 2. The summed E-state index contributed by atoms with van der Waals surface area (Å²) in [6, 6.07) is 5.11. The number of para-hydroxylation sites is 1. The van der Waals surface area contributed by atoms with Crippen molar-refractivity contribution in [2.45, 2.75) is 26.4 Å². The number of urea groups is 1. The smallest absolute Gasteiger partial charge is 0.321 e. The Morgan fingerprint density at radius 2 is 2.00 bits per heavy atom. The SMILES string of the molecule is CCN(CC(C)(C)O)C(=O)Nc1cccc(Cl)c1N(C)C. The Morgan fingerprint density at radius 3 is 2.48 bits per heavy atom. The van der Waals surface area contributed by atoms with E-state index in [9.17, 15) is 9.90 Å². The Hall–Kier alpha value is -1.46. The van der Waals surface area contributed by atoms with Crippen molar-refractivity contribution in [1.82, 2.24) is 4.90 Å². The molecule has 0 spiro atoms. The minimum absolute atomic E-state index is 0.257. The van der Waals surface area contributed by atoms with E-state index in [-0.39, 0.29) is 12.6 Å². The Kier molecular flexibility index (Phi) is 5.87. The Balaban J connectivity index is 2.95. The standard InChI is InChI=1S/C15H24ClN3O2/c1-6-19(10-15(2,3)21)14(20)17-12-9-7-8-11(16)13(12)18(4)5/h7-9,21H,6,10H2,1-5H3,(H,17,20). The van der Waals surface area contributed by atoms with Crippen LogP contribution in [0.3, 0.4) is 0 Å². The quantitative estimate of drug-likeness (QED) is 0.878. The van der Waals surface area contributed by atoms with E-state index in [1.54, 1.807) is 36.9 Å². The van der Waals surface area contributed by atoms with Gasteiger partial charge in [-0.3, -0.25) is 0 Å². The van der Waals surface area contributed by atoms with Gasteiger partial charge in [0.15, 0.2) is 0 Å². The molecule has 21 heavy (non-hydrogen) atoms. The number of aliphatic hydroxyl groups is 1. The van der Waals surface area contributed by atoms with Crippen LogP contribution in [0, 0.1) is 0 Å². The predicted octanol–water partition coefficient (Wildman–Crippen LogP) is 3.03.